The van der Waals surface area contributed by atoms with Crippen molar-refractivity contribution < 1.29 is 33.8 Å². The maximum Gasteiger partial charge on any atom is 0.243 e. The van der Waals surface area contributed by atoms with Gasteiger partial charge >= 0.3 is 0 Å². The first kappa shape index (κ1) is 29.9. The molecule has 38 heavy (non-hydrogen) atoms. The van der Waals surface area contributed by atoms with Gasteiger partial charge in [-0.1, -0.05) is 18.2 Å². The topological polar surface area (TPSA) is 195 Å². The molecular weight excluding hydrogens is 494 g/mol. The third-order valence-electron chi connectivity index (χ3n) is 5.79. The lowest BCUT2D eigenvalue weighted by Crippen LogP contribution is -2.57. The Morgan fingerprint density at radius 1 is 0.789 bits per heavy atom. The fraction of sp³-hybridized carbons (Fsp3) is 0.385. The summed E-state index contributed by atoms with van der Waals surface area (Å²) in [4.78, 5) is 49.9. The smallest absolute Gasteiger partial charge is 0.243 e. The summed E-state index contributed by atoms with van der Waals surface area (Å²) in [5, 5.41) is 17.0. The zero-order valence-corrected chi connectivity index (χ0v) is 21.8. The van der Waals surface area contributed by atoms with Crippen molar-refractivity contribution in [3.8, 4) is 17.2 Å². The fourth-order valence-corrected chi connectivity index (χ4v) is 3.50. The third kappa shape index (κ3) is 8.66. The van der Waals surface area contributed by atoms with Gasteiger partial charge in [0.25, 0.3) is 0 Å². The SMILES string of the molecule is COc1ccc(C[C@H](NC(=O)[C@@H](C)NC(=O)[C@@H](N)Cc2ccc(O)cc2)C(=O)N[C@H](C)C(N)=O)cc1OC. The van der Waals surface area contributed by atoms with E-state index in [9.17, 15) is 24.3 Å². The van der Waals surface area contributed by atoms with E-state index in [1.807, 2.05) is 0 Å². The average molecular weight is 530 g/mol. The van der Waals surface area contributed by atoms with Gasteiger partial charge in [0, 0.05) is 6.42 Å². The minimum atomic E-state index is -1.10. The normalized spacial score (nSPS) is 13.8. The monoisotopic (exact) mass is 529 g/mol. The summed E-state index contributed by atoms with van der Waals surface area (Å²) in [7, 11) is 2.96. The Kier molecular flexibility index (Phi) is 10.9. The number of phenols is 1. The van der Waals surface area contributed by atoms with E-state index in [2.05, 4.69) is 16.0 Å². The van der Waals surface area contributed by atoms with Crippen molar-refractivity contribution in [3.63, 3.8) is 0 Å². The highest BCUT2D eigenvalue weighted by Crippen LogP contribution is 2.28. The van der Waals surface area contributed by atoms with E-state index in [0.29, 0.717) is 17.1 Å². The number of benzene rings is 2. The third-order valence-corrected chi connectivity index (χ3v) is 5.79. The molecular formula is C26H35N5O7. The first-order valence-corrected chi connectivity index (χ1v) is 11.9. The Bertz CT molecular complexity index is 1140. The standard InChI is InChI=1S/C26H35N5O7/c1-14(23(28)33)29-26(36)20(12-17-7-10-21(37-3)22(13-17)38-4)31-24(34)15(2)30-25(35)19(27)11-16-5-8-18(32)9-6-16/h5-10,13-15,19-20,32H,11-12,27H2,1-4H3,(H2,28,33)(H,29,36)(H,30,35)(H,31,34)/t14-,15-,19+,20+/m1/s1. The highest BCUT2D eigenvalue weighted by atomic mass is 16.5. The number of carbonyl (C=O) groups excluding carboxylic acids is 4. The molecule has 2 rings (SSSR count). The van der Waals surface area contributed by atoms with Gasteiger partial charge in [0.1, 0.15) is 23.9 Å². The van der Waals surface area contributed by atoms with Gasteiger partial charge in [-0.25, -0.2) is 0 Å². The average Bonchev–Trinajstić information content (AvgIpc) is 2.88. The van der Waals surface area contributed by atoms with Crippen molar-refractivity contribution in [2.45, 2.75) is 50.9 Å². The Labute approximate surface area is 221 Å². The predicted molar refractivity (Wildman–Crippen MR) is 139 cm³/mol. The van der Waals surface area contributed by atoms with Gasteiger partial charge in [0.05, 0.1) is 20.3 Å². The van der Waals surface area contributed by atoms with Crippen molar-refractivity contribution >= 4 is 23.6 Å². The van der Waals surface area contributed by atoms with Crippen LogP contribution in [0.25, 0.3) is 0 Å². The van der Waals surface area contributed by atoms with Crippen LogP contribution in [-0.2, 0) is 32.0 Å². The molecule has 0 aliphatic carbocycles. The molecule has 0 spiro atoms. The van der Waals surface area contributed by atoms with Crippen molar-refractivity contribution in [3.05, 3.63) is 53.6 Å². The summed E-state index contributed by atoms with van der Waals surface area (Å²) in [6.45, 7) is 2.88. The maximum atomic E-state index is 12.9. The molecule has 8 N–H and O–H groups in total. The first-order valence-electron chi connectivity index (χ1n) is 11.9. The van der Waals surface area contributed by atoms with Crippen LogP contribution in [0, 0.1) is 0 Å². The summed E-state index contributed by atoms with van der Waals surface area (Å²) in [5.41, 5.74) is 12.6. The van der Waals surface area contributed by atoms with E-state index in [1.165, 1.54) is 40.2 Å². The van der Waals surface area contributed by atoms with E-state index in [4.69, 9.17) is 20.9 Å². The highest BCUT2D eigenvalue weighted by molar-refractivity contribution is 5.94. The van der Waals surface area contributed by atoms with Crippen LogP contribution in [-0.4, -0.2) is 67.1 Å². The molecule has 4 amide bonds. The molecule has 4 atom stereocenters. The van der Waals surface area contributed by atoms with Gasteiger partial charge in [-0.15, -0.1) is 0 Å². The van der Waals surface area contributed by atoms with E-state index in [1.54, 1.807) is 30.3 Å². The molecule has 0 fully saturated rings. The number of hydrogen-bond donors (Lipinski definition) is 6. The number of ether oxygens (including phenoxy) is 2. The minimum Gasteiger partial charge on any atom is -0.508 e. The van der Waals surface area contributed by atoms with Crippen LogP contribution in [0.3, 0.4) is 0 Å². The Morgan fingerprint density at radius 2 is 1.37 bits per heavy atom. The zero-order valence-electron chi connectivity index (χ0n) is 21.8. The van der Waals surface area contributed by atoms with Gasteiger partial charge in [-0.05, 0) is 55.7 Å². The lowest BCUT2D eigenvalue weighted by molar-refractivity contribution is -0.133. The van der Waals surface area contributed by atoms with E-state index in [-0.39, 0.29) is 18.6 Å². The molecule has 0 saturated carbocycles. The zero-order chi connectivity index (χ0) is 28.4. The molecule has 0 unspecified atom stereocenters. The van der Waals surface area contributed by atoms with Crippen LogP contribution < -0.4 is 36.9 Å². The largest absolute Gasteiger partial charge is 0.508 e. The van der Waals surface area contributed by atoms with Crippen LogP contribution in [0.1, 0.15) is 25.0 Å². The summed E-state index contributed by atoms with van der Waals surface area (Å²) in [5.74, 6) is -1.56. The van der Waals surface area contributed by atoms with Gasteiger partial charge in [-0.2, -0.15) is 0 Å². The van der Waals surface area contributed by atoms with Gasteiger partial charge in [0.2, 0.25) is 23.6 Å². The second kappa shape index (κ2) is 13.8. The highest BCUT2D eigenvalue weighted by Gasteiger charge is 2.28. The molecule has 0 aromatic heterocycles. The molecule has 0 aliphatic rings. The molecule has 0 aliphatic heterocycles. The van der Waals surface area contributed by atoms with Crippen molar-refractivity contribution in [1.29, 1.82) is 0 Å². The number of nitrogens with one attached hydrogen (secondary N) is 3. The Hall–Kier alpha value is -4.32. The summed E-state index contributed by atoms with van der Waals surface area (Å²) < 4.78 is 10.5. The van der Waals surface area contributed by atoms with Crippen LogP contribution in [0.5, 0.6) is 17.2 Å². The molecule has 0 radical (unpaired) electrons. The number of hydrogen-bond acceptors (Lipinski definition) is 8. The number of nitrogens with two attached hydrogens (primary N) is 2. The fourth-order valence-electron chi connectivity index (χ4n) is 3.50. The van der Waals surface area contributed by atoms with Crippen LogP contribution >= 0.6 is 0 Å². The Morgan fingerprint density at radius 3 is 1.95 bits per heavy atom. The van der Waals surface area contributed by atoms with E-state index >= 15 is 0 Å². The molecule has 12 heteroatoms. The number of phenolic OH excluding ortho intramolecular Hbond substituents is 1. The molecule has 12 nitrogen and oxygen atoms in total. The molecule has 206 valence electrons. The van der Waals surface area contributed by atoms with Crippen molar-refractivity contribution in [1.82, 2.24) is 16.0 Å². The number of methoxy groups -OCH3 is 2. The summed E-state index contributed by atoms with van der Waals surface area (Å²) in [6, 6.07) is 7.24. The van der Waals surface area contributed by atoms with Gasteiger partial charge in [-0.3, -0.25) is 19.2 Å². The van der Waals surface area contributed by atoms with Gasteiger partial charge in [0.15, 0.2) is 11.5 Å². The second-order valence-corrected chi connectivity index (χ2v) is 8.79. The quantitative estimate of drug-likeness (QED) is 0.200. The van der Waals surface area contributed by atoms with Crippen LogP contribution in [0.15, 0.2) is 42.5 Å². The molecule has 0 bridgehead atoms. The lowest BCUT2D eigenvalue weighted by atomic mass is 10.0. The summed E-state index contributed by atoms with van der Waals surface area (Å²) >= 11 is 0. The molecule has 2 aromatic carbocycles. The van der Waals surface area contributed by atoms with Crippen LogP contribution in [0.2, 0.25) is 0 Å². The van der Waals surface area contributed by atoms with E-state index < -0.39 is 47.8 Å². The lowest BCUT2D eigenvalue weighted by Gasteiger charge is -2.23. The van der Waals surface area contributed by atoms with E-state index in [0.717, 1.165) is 5.56 Å². The molecule has 2 aromatic rings. The number of rotatable bonds is 13. The number of primary amides is 1. The molecule has 0 saturated heterocycles. The van der Waals surface area contributed by atoms with Crippen molar-refractivity contribution in [2.24, 2.45) is 11.5 Å². The predicted octanol–water partition coefficient (Wildman–Crippen LogP) is -0.499. The van der Waals surface area contributed by atoms with Gasteiger partial charge < -0.3 is 42.0 Å². The number of carbonyl (C=O) groups is 4. The minimum absolute atomic E-state index is 0.0461. The summed E-state index contributed by atoms with van der Waals surface area (Å²) in [6.07, 6.45) is 0.236. The first-order chi connectivity index (χ1) is 17.9. The second-order valence-electron chi connectivity index (χ2n) is 8.79. The number of aromatic hydroxyl groups is 1. The van der Waals surface area contributed by atoms with Crippen molar-refractivity contribution in [2.75, 3.05) is 14.2 Å². The Balaban J connectivity index is 2.11. The van der Waals surface area contributed by atoms with Crippen LogP contribution in [0.4, 0.5) is 0 Å². The number of amides is 4. The molecule has 0 heterocycles. The maximum absolute atomic E-state index is 12.9.